The zero-order chi connectivity index (χ0) is 10.3. The van der Waals surface area contributed by atoms with Gasteiger partial charge in [0, 0.05) is 5.70 Å². The second-order valence-corrected chi connectivity index (χ2v) is 3.44. The zero-order valence-electron chi connectivity index (χ0n) is 8.16. The second kappa shape index (κ2) is 2.90. The quantitative estimate of drug-likeness (QED) is 0.672. The summed E-state index contributed by atoms with van der Waals surface area (Å²) in [5.74, 6) is 0.280. The molecule has 72 valence electrons. The predicted octanol–water partition coefficient (Wildman–Crippen LogP) is 1.54. The summed E-state index contributed by atoms with van der Waals surface area (Å²) in [5.41, 5.74) is 1.85. The molecule has 4 heteroatoms. The molecule has 1 aromatic rings. The summed E-state index contributed by atoms with van der Waals surface area (Å²) in [6.07, 6.45) is 1.63. The van der Waals surface area contributed by atoms with Gasteiger partial charge in [-0.25, -0.2) is 9.97 Å². The van der Waals surface area contributed by atoms with E-state index in [4.69, 9.17) is 0 Å². The molecule has 1 N–H and O–H groups in total. The van der Waals surface area contributed by atoms with Crippen molar-refractivity contribution in [3.63, 3.8) is 0 Å². The number of hydrogen-bond acceptors (Lipinski definition) is 4. The number of carbonyl (C=O) groups is 1. The zero-order valence-corrected chi connectivity index (χ0v) is 8.16. The lowest BCUT2D eigenvalue weighted by Crippen LogP contribution is -2.27. The molecule has 2 heterocycles. The van der Waals surface area contributed by atoms with Crippen molar-refractivity contribution in [3.05, 3.63) is 29.9 Å². The van der Waals surface area contributed by atoms with Crippen LogP contribution in [-0.4, -0.2) is 15.8 Å². The van der Waals surface area contributed by atoms with Crippen LogP contribution in [0.1, 0.15) is 23.1 Å². The Kier molecular flexibility index (Phi) is 1.84. The Hall–Kier alpha value is -1.71. The maximum Gasteiger partial charge on any atom is 0.193 e. The van der Waals surface area contributed by atoms with Gasteiger partial charge in [0.2, 0.25) is 0 Å². The molecule has 2 rings (SSSR count). The number of anilines is 1. The van der Waals surface area contributed by atoms with Crippen LogP contribution in [0.25, 0.3) is 0 Å². The van der Waals surface area contributed by atoms with Crippen LogP contribution >= 0.6 is 0 Å². The van der Waals surface area contributed by atoms with Gasteiger partial charge in [0.05, 0.1) is 17.8 Å². The van der Waals surface area contributed by atoms with Gasteiger partial charge in [-0.3, -0.25) is 4.79 Å². The summed E-state index contributed by atoms with van der Waals surface area (Å²) in [6, 6.07) is 0. The molecule has 0 fully saturated rings. The molecule has 1 atom stereocenters. The lowest BCUT2D eigenvalue weighted by Gasteiger charge is -2.22. The van der Waals surface area contributed by atoms with Gasteiger partial charge < -0.3 is 5.32 Å². The maximum atomic E-state index is 11.8. The number of ketones is 1. The first-order valence-electron chi connectivity index (χ1n) is 4.43. The van der Waals surface area contributed by atoms with Crippen molar-refractivity contribution < 1.29 is 4.79 Å². The Morgan fingerprint density at radius 3 is 3.00 bits per heavy atom. The third-order valence-corrected chi connectivity index (χ3v) is 2.32. The molecule has 0 amide bonds. The molecule has 0 bridgehead atoms. The summed E-state index contributed by atoms with van der Waals surface area (Å²) in [4.78, 5) is 20.0. The highest BCUT2D eigenvalue weighted by molar-refractivity contribution is 6.04. The number of aromatic nitrogens is 2. The topological polar surface area (TPSA) is 54.9 Å². The molecule has 0 aliphatic carbocycles. The van der Waals surface area contributed by atoms with Crippen LogP contribution in [0.15, 0.2) is 18.5 Å². The standard InChI is InChI=1S/C10H11N3O/c1-5-4-11-10-8(12-5)9(14)6(2)7(3)13-10/h4,6H,3H2,1-2H3,(H,11,13). The molecule has 1 aliphatic heterocycles. The fourth-order valence-electron chi connectivity index (χ4n) is 1.36. The fourth-order valence-corrected chi connectivity index (χ4v) is 1.36. The Morgan fingerprint density at radius 2 is 2.29 bits per heavy atom. The minimum Gasteiger partial charge on any atom is -0.342 e. The second-order valence-electron chi connectivity index (χ2n) is 3.44. The normalized spacial score (nSPS) is 20.3. The van der Waals surface area contributed by atoms with Gasteiger partial charge in [-0.05, 0) is 13.8 Å². The largest absolute Gasteiger partial charge is 0.342 e. The minimum absolute atomic E-state index is 0.0139. The van der Waals surface area contributed by atoms with Crippen molar-refractivity contribution >= 4 is 11.6 Å². The average Bonchev–Trinajstić information content (AvgIpc) is 2.16. The van der Waals surface area contributed by atoms with Gasteiger partial charge >= 0.3 is 0 Å². The molecular weight excluding hydrogens is 178 g/mol. The van der Waals surface area contributed by atoms with Crippen LogP contribution in [0.3, 0.4) is 0 Å². The lowest BCUT2D eigenvalue weighted by atomic mass is 9.97. The minimum atomic E-state index is -0.224. The van der Waals surface area contributed by atoms with Crippen molar-refractivity contribution in [2.75, 3.05) is 5.32 Å². The number of carbonyl (C=O) groups excluding carboxylic acids is 1. The Morgan fingerprint density at radius 1 is 1.57 bits per heavy atom. The summed E-state index contributed by atoms with van der Waals surface area (Å²) in [5, 5.41) is 2.98. The fraction of sp³-hybridized carbons (Fsp3) is 0.300. The van der Waals surface area contributed by atoms with Gasteiger partial charge in [-0.15, -0.1) is 0 Å². The van der Waals surface area contributed by atoms with E-state index in [1.807, 2.05) is 13.8 Å². The van der Waals surface area contributed by atoms with E-state index in [1.165, 1.54) is 0 Å². The number of rotatable bonds is 0. The Balaban J connectivity index is 2.57. The number of fused-ring (bicyclic) bond motifs is 1. The number of aryl methyl sites for hydroxylation is 1. The molecular formula is C10H11N3O. The van der Waals surface area contributed by atoms with Crippen LogP contribution in [0.4, 0.5) is 5.82 Å². The van der Waals surface area contributed by atoms with E-state index in [2.05, 4.69) is 21.9 Å². The highest BCUT2D eigenvalue weighted by Gasteiger charge is 2.28. The Bertz CT molecular complexity index is 425. The first-order valence-corrected chi connectivity index (χ1v) is 4.43. The van der Waals surface area contributed by atoms with Gasteiger partial charge in [0.1, 0.15) is 5.69 Å². The third kappa shape index (κ3) is 1.19. The van der Waals surface area contributed by atoms with E-state index >= 15 is 0 Å². The summed E-state index contributed by atoms with van der Waals surface area (Å²) in [6.45, 7) is 7.39. The van der Waals surface area contributed by atoms with Crippen molar-refractivity contribution in [2.45, 2.75) is 13.8 Å². The van der Waals surface area contributed by atoms with Gasteiger partial charge in [-0.2, -0.15) is 0 Å². The van der Waals surface area contributed by atoms with Crippen LogP contribution in [-0.2, 0) is 0 Å². The summed E-state index contributed by atoms with van der Waals surface area (Å²) < 4.78 is 0. The molecule has 1 aliphatic rings. The van der Waals surface area contributed by atoms with Crippen molar-refractivity contribution in [3.8, 4) is 0 Å². The molecule has 1 aromatic heterocycles. The lowest BCUT2D eigenvalue weighted by molar-refractivity contribution is 0.0940. The van der Waals surface area contributed by atoms with Crippen LogP contribution in [0.5, 0.6) is 0 Å². The number of allylic oxidation sites excluding steroid dienone is 1. The van der Waals surface area contributed by atoms with E-state index in [9.17, 15) is 4.79 Å². The molecule has 4 nitrogen and oxygen atoms in total. The SMILES string of the molecule is C=C1Nc2ncc(C)nc2C(=O)C1C. The number of nitrogens with one attached hydrogen (secondary N) is 1. The highest BCUT2D eigenvalue weighted by Crippen LogP contribution is 2.26. The first kappa shape index (κ1) is 8.87. The van der Waals surface area contributed by atoms with Gasteiger partial charge in [-0.1, -0.05) is 6.58 Å². The Labute approximate surface area is 82.1 Å². The van der Waals surface area contributed by atoms with E-state index in [0.29, 0.717) is 17.2 Å². The van der Waals surface area contributed by atoms with Crippen LogP contribution in [0, 0.1) is 12.8 Å². The van der Waals surface area contributed by atoms with E-state index < -0.39 is 0 Å². The summed E-state index contributed by atoms with van der Waals surface area (Å²) in [7, 11) is 0. The van der Waals surface area contributed by atoms with Crippen LogP contribution in [0.2, 0.25) is 0 Å². The summed E-state index contributed by atoms with van der Waals surface area (Å²) >= 11 is 0. The molecule has 1 unspecified atom stereocenters. The van der Waals surface area contributed by atoms with Crippen molar-refractivity contribution in [2.24, 2.45) is 5.92 Å². The smallest absolute Gasteiger partial charge is 0.193 e. The monoisotopic (exact) mass is 189 g/mol. The van der Waals surface area contributed by atoms with Gasteiger partial charge in [0.15, 0.2) is 11.6 Å². The van der Waals surface area contributed by atoms with Crippen molar-refractivity contribution in [1.29, 1.82) is 0 Å². The molecule has 0 radical (unpaired) electrons. The number of nitrogens with zero attached hydrogens (tertiary/aromatic N) is 2. The van der Waals surface area contributed by atoms with E-state index in [1.54, 1.807) is 6.20 Å². The number of Topliss-reactive ketones (excluding diaryl/α,β-unsaturated/α-hetero) is 1. The average molecular weight is 189 g/mol. The molecule has 0 aromatic carbocycles. The van der Waals surface area contributed by atoms with Crippen molar-refractivity contribution in [1.82, 2.24) is 9.97 Å². The van der Waals surface area contributed by atoms with E-state index in [0.717, 1.165) is 5.69 Å². The highest BCUT2D eigenvalue weighted by atomic mass is 16.1. The predicted molar refractivity (Wildman–Crippen MR) is 53.0 cm³/mol. The molecule has 0 saturated heterocycles. The first-order chi connectivity index (χ1) is 6.59. The van der Waals surface area contributed by atoms with Crippen LogP contribution < -0.4 is 5.32 Å². The molecule has 14 heavy (non-hydrogen) atoms. The van der Waals surface area contributed by atoms with Gasteiger partial charge in [0.25, 0.3) is 0 Å². The number of hydrogen-bond donors (Lipinski definition) is 1. The third-order valence-electron chi connectivity index (χ3n) is 2.32. The molecule has 0 saturated carbocycles. The van der Waals surface area contributed by atoms with E-state index in [-0.39, 0.29) is 11.7 Å². The maximum absolute atomic E-state index is 11.8. The molecule has 0 spiro atoms.